The summed E-state index contributed by atoms with van der Waals surface area (Å²) in [6.07, 6.45) is 29.7. The molecule has 71 heavy (non-hydrogen) atoms. The van der Waals surface area contributed by atoms with Gasteiger partial charge in [0.1, 0.15) is 0 Å². The summed E-state index contributed by atoms with van der Waals surface area (Å²) >= 11 is 0. The molecule has 5 N–H and O–H groups in total. The average molecular weight is 1110 g/mol. The molecule has 0 aromatic heterocycles. The Kier molecular flexibility index (Phi) is 64.5. The lowest BCUT2D eigenvalue weighted by Gasteiger charge is -2.26. The van der Waals surface area contributed by atoms with Crippen LogP contribution in [-0.2, 0) is 22.1 Å². The van der Waals surface area contributed by atoms with Crippen molar-refractivity contribution in [2.75, 3.05) is 68.6 Å². The van der Waals surface area contributed by atoms with Crippen LogP contribution in [0.1, 0.15) is 196 Å². The third-order valence-electron chi connectivity index (χ3n) is 15.1. The van der Waals surface area contributed by atoms with E-state index < -0.39 is 41.6 Å². The van der Waals surface area contributed by atoms with Crippen molar-refractivity contribution in [3.63, 3.8) is 0 Å². The summed E-state index contributed by atoms with van der Waals surface area (Å²) in [6.45, 7) is 26.4. The fourth-order valence-corrected chi connectivity index (χ4v) is 21.5. The van der Waals surface area contributed by atoms with Gasteiger partial charge in [-0.05, 0) is 131 Å². The molecule has 6 atom stereocenters. The van der Waals surface area contributed by atoms with Crippen LogP contribution in [-0.4, -0.2) is 136 Å². The molecule has 0 rings (SSSR count). The molecule has 0 aliphatic rings. The number of aliphatic hydroxyl groups excluding tert-OH is 5. The van der Waals surface area contributed by atoms with Crippen molar-refractivity contribution in [2.45, 2.75) is 289 Å². The van der Waals surface area contributed by atoms with E-state index in [0.29, 0.717) is 33.0 Å². The Morgan fingerprint density at radius 2 is 0.479 bits per heavy atom. The summed E-state index contributed by atoms with van der Waals surface area (Å²) < 4.78 is 28.2. The molecule has 436 valence electrons. The van der Waals surface area contributed by atoms with E-state index in [0.717, 1.165) is 68.2 Å². The minimum atomic E-state index is -1.48. The first-order valence-corrected chi connectivity index (χ1v) is 43.7. The van der Waals surface area contributed by atoms with Crippen molar-refractivity contribution < 1.29 is 47.7 Å². The first-order chi connectivity index (χ1) is 33.8. The Balaban J connectivity index is -0.000000256. The highest BCUT2D eigenvalue weighted by molar-refractivity contribution is 6.74. The van der Waals surface area contributed by atoms with Gasteiger partial charge in [-0.3, -0.25) is 0 Å². The number of rotatable bonds is 45. The van der Waals surface area contributed by atoms with Crippen LogP contribution in [0.2, 0.25) is 93.2 Å². The summed E-state index contributed by atoms with van der Waals surface area (Å²) in [5.41, 5.74) is 0. The van der Waals surface area contributed by atoms with Gasteiger partial charge in [-0.25, -0.2) is 0 Å². The molecule has 0 aromatic rings. The lowest BCUT2D eigenvalue weighted by molar-refractivity contribution is 0.289. The largest absolute Gasteiger partial charge is 0.420 e. The normalized spacial score (nSPS) is 15.8. The standard InChI is InChI=1S/C13H30O2Si.C12H28O2Si.2C11H26O2Si.C9H22O2Si/c1-4-5-6-7-8-9-12-16(3,15-2)13-10-11-14;1-4-5-6-7-8-11-15(3,14-2)12-9-10-13;1-5-11(2)7-10-14(4,13-3)9-6-8-12;1-4-5-6-7-10-14(3,13-2)11-8-9-12;1-4-5-8-12(3,11-2)9-6-7-10/h14H,4-13H2,1-3H3;13H,4-12H2,1-3H3;11-12H,5-10H2,1-4H3;12H,4-11H2,1-3H3;10H,4-9H2,1-3H3. The topological polar surface area (TPSA) is 147 Å². The molecular formula is C56H132O10Si5. The maximum atomic E-state index is 8.86. The Morgan fingerprint density at radius 1 is 0.282 bits per heavy atom. The van der Waals surface area contributed by atoms with Gasteiger partial charge < -0.3 is 47.7 Å². The molecule has 0 fully saturated rings. The van der Waals surface area contributed by atoms with Crippen LogP contribution < -0.4 is 0 Å². The van der Waals surface area contributed by atoms with Crippen molar-refractivity contribution in [1.29, 1.82) is 0 Å². The SMILES string of the molecule is CCC(C)CC[Si](C)(CCCO)OC.CCCCCCCC[Si](C)(CCCO)OC.CCCCCCC[Si](C)(CCCO)OC.CCCCCC[Si](C)(CCCO)OC.CCCC[Si](C)(CCCO)OC. The van der Waals surface area contributed by atoms with Gasteiger partial charge in [-0.2, -0.15) is 0 Å². The summed E-state index contributed by atoms with van der Waals surface area (Å²) in [6, 6.07) is 11.7. The van der Waals surface area contributed by atoms with Crippen LogP contribution in [0.4, 0.5) is 0 Å². The highest BCUT2D eigenvalue weighted by atomic mass is 28.4. The average Bonchev–Trinajstić information content (AvgIpc) is 3.39. The predicted molar refractivity (Wildman–Crippen MR) is 325 cm³/mol. The molecule has 0 radical (unpaired) electrons. The van der Waals surface area contributed by atoms with Gasteiger partial charge in [0.25, 0.3) is 0 Å². The van der Waals surface area contributed by atoms with Crippen molar-refractivity contribution in [3.05, 3.63) is 0 Å². The molecule has 0 aliphatic carbocycles. The summed E-state index contributed by atoms with van der Waals surface area (Å²) in [5, 5.41) is 44.0. The lowest BCUT2D eigenvalue weighted by atomic mass is 10.1. The molecule has 0 spiro atoms. The van der Waals surface area contributed by atoms with E-state index >= 15 is 0 Å². The molecule has 0 aliphatic heterocycles. The molecule has 0 heterocycles. The van der Waals surface area contributed by atoms with Gasteiger partial charge in [0.05, 0.1) is 0 Å². The third kappa shape index (κ3) is 55.3. The van der Waals surface area contributed by atoms with E-state index in [2.05, 4.69) is 74.3 Å². The fourth-order valence-electron chi connectivity index (χ4n) is 8.52. The van der Waals surface area contributed by atoms with E-state index in [1.54, 1.807) is 0 Å². The summed E-state index contributed by atoms with van der Waals surface area (Å²) in [7, 11) is 1.88. The van der Waals surface area contributed by atoms with Crippen LogP contribution in [0.5, 0.6) is 0 Å². The monoisotopic (exact) mass is 1100 g/mol. The molecule has 0 saturated heterocycles. The first kappa shape index (κ1) is 80.5. The van der Waals surface area contributed by atoms with Gasteiger partial charge in [0, 0.05) is 68.6 Å². The van der Waals surface area contributed by atoms with E-state index in [9.17, 15) is 0 Å². The summed E-state index contributed by atoms with van der Waals surface area (Å²) in [5.74, 6) is 0.811. The second kappa shape index (κ2) is 56.9. The van der Waals surface area contributed by atoms with Gasteiger partial charge in [0.2, 0.25) is 0 Å². The number of unbranched alkanes of at least 4 members (excludes halogenated alkanes) is 13. The third-order valence-corrected chi connectivity index (χ3v) is 34.1. The Bertz CT molecular complexity index is 1020. The number of hydrogen-bond donors (Lipinski definition) is 5. The van der Waals surface area contributed by atoms with E-state index in [1.165, 1.54) is 152 Å². The van der Waals surface area contributed by atoms with Gasteiger partial charge in [-0.15, -0.1) is 0 Å². The molecule has 15 heteroatoms. The van der Waals surface area contributed by atoms with Gasteiger partial charge >= 0.3 is 0 Å². The van der Waals surface area contributed by atoms with Crippen LogP contribution in [0.3, 0.4) is 0 Å². The van der Waals surface area contributed by atoms with E-state index in [-0.39, 0.29) is 0 Å². The maximum Gasteiger partial charge on any atom is 0.189 e. The second-order valence-electron chi connectivity index (χ2n) is 22.1. The number of hydrogen-bond acceptors (Lipinski definition) is 10. The fraction of sp³-hybridized carbons (Fsp3) is 1.00. The lowest BCUT2D eigenvalue weighted by Crippen LogP contribution is -2.33. The quantitative estimate of drug-likeness (QED) is 0.0295. The van der Waals surface area contributed by atoms with Crippen molar-refractivity contribution in [1.82, 2.24) is 0 Å². The minimum absolute atomic E-state index is 0.301. The highest BCUT2D eigenvalue weighted by Gasteiger charge is 2.29. The molecule has 0 amide bonds. The smallest absolute Gasteiger partial charge is 0.189 e. The summed E-state index contributed by atoms with van der Waals surface area (Å²) in [4.78, 5) is 0. The molecule has 10 nitrogen and oxygen atoms in total. The Labute approximate surface area is 450 Å². The maximum absolute atomic E-state index is 8.86. The highest BCUT2D eigenvalue weighted by Crippen LogP contribution is 2.26. The zero-order valence-electron chi connectivity index (χ0n) is 50.9. The van der Waals surface area contributed by atoms with Crippen LogP contribution in [0.25, 0.3) is 0 Å². The molecule has 0 bridgehead atoms. The number of aliphatic hydroxyl groups is 5. The Hall–Kier alpha value is 0.684. The van der Waals surface area contributed by atoms with Crippen LogP contribution in [0, 0.1) is 5.92 Å². The van der Waals surface area contributed by atoms with Gasteiger partial charge in [0.15, 0.2) is 41.6 Å². The zero-order chi connectivity index (χ0) is 55.2. The minimum Gasteiger partial charge on any atom is -0.420 e. The Morgan fingerprint density at radius 3 is 0.704 bits per heavy atom. The molecule has 0 saturated carbocycles. The second-order valence-corrected chi connectivity index (χ2v) is 43.6. The predicted octanol–water partition coefficient (Wildman–Crippen LogP) is 16.1. The van der Waals surface area contributed by atoms with E-state index in [4.69, 9.17) is 47.7 Å². The molecule has 0 aromatic carbocycles. The van der Waals surface area contributed by atoms with Crippen LogP contribution in [0.15, 0.2) is 0 Å². The van der Waals surface area contributed by atoms with E-state index in [1.807, 2.05) is 35.5 Å². The zero-order valence-corrected chi connectivity index (χ0v) is 55.9. The molecule has 6 unspecified atom stereocenters. The van der Waals surface area contributed by atoms with Gasteiger partial charge in [-0.1, -0.05) is 164 Å². The van der Waals surface area contributed by atoms with Crippen molar-refractivity contribution >= 4 is 41.6 Å². The van der Waals surface area contributed by atoms with Crippen molar-refractivity contribution in [2.24, 2.45) is 5.92 Å². The van der Waals surface area contributed by atoms with Crippen molar-refractivity contribution in [3.8, 4) is 0 Å². The van der Waals surface area contributed by atoms with Crippen LogP contribution >= 0.6 is 0 Å². The first-order valence-electron chi connectivity index (χ1n) is 29.6. The molecular weight excluding hydrogens is 973 g/mol.